The molecular weight excluding hydrogens is 339 g/mol. The molecule has 1 aliphatic rings. The van der Waals surface area contributed by atoms with E-state index in [1.165, 1.54) is 23.9 Å². The Hall–Kier alpha value is -2.41. The van der Waals surface area contributed by atoms with Gasteiger partial charge >= 0.3 is 0 Å². The number of nitrogens with zero attached hydrogens (tertiary/aromatic N) is 2. The Morgan fingerprint density at radius 2 is 2.16 bits per heavy atom. The van der Waals surface area contributed by atoms with Crippen LogP contribution in [-0.2, 0) is 5.54 Å². The van der Waals surface area contributed by atoms with Crippen molar-refractivity contribution in [2.75, 3.05) is 11.1 Å². The average molecular weight is 358 g/mol. The second kappa shape index (κ2) is 6.84. The van der Waals surface area contributed by atoms with Gasteiger partial charge in [-0.25, -0.2) is 4.39 Å². The van der Waals surface area contributed by atoms with Gasteiger partial charge in [-0.1, -0.05) is 17.8 Å². The van der Waals surface area contributed by atoms with Gasteiger partial charge in [0, 0.05) is 23.2 Å². The maximum Gasteiger partial charge on any atom is 0.274 e. The zero-order valence-corrected chi connectivity index (χ0v) is 14.9. The fourth-order valence-corrected chi connectivity index (χ4v) is 3.67. The number of aliphatic imine (C=N–C) groups is 1. The highest BCUT2D eigenvalue weighted by atomic mass is 32.2. The summed E-state index contributed by atoms with van der Waals surface area (Å²) in [7, 11) is 0. The van der Waals surface area contributed by atoms with Crippen LogP contribution in [0.2, 0.25) is 0 Å². The number of hydrogen-bond acceptors (Lipinski definition) is 5. The highest BCUT2D eigenvalue weighted by molar-refractivity contribution is 8.13. The van der Waals surface area contributed by atoms with Gasteiger partial charge in [0.05, 0.1) is 5.54 Å². The molecule has 1 aromatic carbocycles. The normalized spacial score (nSPS) is 20.0. The summed E-state index contributed by atoms with van der Waals surface area (Å²) in [5.74, 6) is 0.0668. The molecule has 2 aromatic rings. The van der Waals surface area contributed by atoms with Gasteiger partial charge in [-0.15, -0.1) is 0 Å². The van der Waals surface area contributed by atoms with Crippen LogP contribution < -0.4 is 11.1 Å². The Kier molecular flexibility index (Phi) is 4.76. The molecule has 7 heteroatoms. The number of carbonyl (C=O) groups excluding carboxylic acids is 1. The predicted octanol–water partition coefficient (Wildman–Crippen LogP) is 3.45. The average Bonchev–Trinajstić information content (AvgIpc) is 2.57. The zero-order chi connectivity index (χ0) is 18.0. The van der Waals surface area contributed by atoms with Crippen molar-refractivity contribution in [1.29, 1.82) is 0 Å². The fourth-order valence-electron chi connectivity index (χ4n) is 2.69. The monoisotopic (exact) mass is 358 g/mol. The first-order valence-corrected chi connectivity index (χ1v) is 8.88. The topological polar surface area (TPSA) is 80.4 Å². The Labute approximate surface area is 149 Å². The first-order chi connectivity index (χ1) is 11.9. The third-order valence-electron chi connectivity index (χ3n) is 4.14. The molecule has 1 amide bonds. The molecule has 5 nitrogen and oxygen atoms in total. The van der Waals surface area contributed by atoms with Crippen LogP contribution >= 0.6 is 11.8 Å². The van der Waals surface area contributed by atoms with Crippen molar-refractivity contribution in [3.05, 3.63) is 59.2 Å². The van der Waals surface area contributed by atoms with E-state index in [1.807, 2.05) is 19.9 Å². The zero-order valence-electron chi connectivity index (χ0n) is 14.0. The summed E-state index contributed by atoms with van der Waals surface area (Å²) < 4.78 is 14.4. The number of amidine groups is 1. The summed E-state index contributed by atoms with van der Waals surface area (Å²) in [6.07, 6.45) is 2.30. The van der Waals surface area contributed by atoms with E-state index in [9.17, 15) is 9.18 Å². The van der Waals surface area contributed by atoms with Crippen LogP contribution in [0.1, 0.15) is 35.0 Å². The van der Waals surface area contributed by atoms with E-state index in [2.05, 4.69) is 15.3 Å². The molecule has 2 heterocycles. The lowest BCUT2D eigenvalue weighted by Crippen LogP contribution is -2.29. The fraction of sp³-hybridized carbons (Fsp3) is 0.278. The van der Waals surface area contributed by atoms with Crippen LogP contribution in [-0.4, -0.2) is 21.8 Å². The molecule has 1 aliphatic heterocycles. The number of aryl methyl sites for hydroxylation is 1. The minimum atomic E-state index is -0.734. The minimum Gasteiger partial charge on any atom is -0.379 e. The minimum absolute atomic E-state index is 0.305. The number of halogens is 1. The van der Waals surface area contributed by atoms with Gasteiger partial charge in [-0.3, -0.25) is 14.8 Å². The smallest absolute Gasteiger partial charge is 0.274 e. The number of thioether (sulfide) groups is 1. The van der Waals surface area contributed by atoms with E-state index in [1.54, 1.807) is 18.3 Å². The highest BCUT2D eigenvalue weighted by Crippen LogP contribution is 2.37. The number of amides is 1. The van der Waals surface area contributed by atoms with Gasteiger partial charge in [0.15, 0.2) is 5.17 Å². The van der Waals surface area contributed by atoms with Gasteiger partial charge in [0.2, 0.25) is 0 Å². The number of benzene rings is 1. The molecule has 1 aromatic heterocycles. The number of nitrogens with one attached hydrogen (secondary N) is 1. The van der Waals surface area contributed by atoms with Gasteiger partial charge < -0.3 is 11.1 Å². The van der Waals surface area contributed by atoms with Gasteiger partial charge in [-0.05, 0) is 50.1 Å². The summed E-state index contributed by atoms with van der Waals surface area (Å²) in [6.45, 7) is 3.75. The molecule has 25 heavy (non-hydrogen) atoms. The lowest BCUT2D eigenvalue weighted by Gasteiger charge is -2.30. The van der Waals surface area contributed by atoms with Crippen LogP contribution in [0.5, 0.6) is 0 Å². The maximum atomic E-state index is 14.4. The molecule has 3 N–H and O–H groups in total. The molecule has 0 aliphatic carbocycles. The second-order valence-corrected chi connectivity index (χ2v) is 7.31. The van der Waals surface area contributed by atoms with E-state index in [-0.39, 0.29) is 11.7 Å². The summed E-state index contributed by atoms with van der Waals surface area (Å²) >= 11 is 1.46. The number of aromatic nitrogens is 1. The standard InChI is InChI=1S/C18H19FN4OS/c1-11-3-6-15(21-10-11)16(24)22-12-4-5-14(19)13(9-12)18(2)7-8-25-17(20)23-18/h3-6,9-10H,7-8H2,1-2H3,(H2,20,23)(H,22,24). The van der Waals surface area contributed by atoms with Crippen molar-refractivity contribution in [2.45, 2.75) is 25.8 Å². The van der Waals surface area contributed by atoms with Crippen molar-refractivity contribution in [3.63, 3.8) is 0 Å². The first-order valence-electron chi connectivity index (χ1n) is 7.89. The molecule has 1 unspecified atom stereocenters. The molecule has 0 saturated carbocycles. The van der Waals surface area contributed by atoms with Crippen LogP contribution in [0.3, 0.4) is 0 Å². The molecule has 0 spiro atoms. The van der Waals surface area contributed by atoms with Crippen LogP contribution in [0.25, 0.3) is 0 Å². The second-order valence-electron chi connectivity index (χ2n) is 6.19. The molecule has 0 bridgehead atoms. The van der Waals surface area contributed by atoms with Gasteiger partial charge in [-0.2, -0.15) is 0 Å². The Bertz CT molecular complexity index is 837. The van der Waals surface area contributed by atoms with Crippen molar-refractivity contribution in [1.82, 2.24) is 4.98 Å². The number of carbonyl (C=O) groups is 1. The van der Waals surface area contributed by atoms with E-state index < -0.39 is 5.54 Å². The highest BCUT2D eigenvalue weighted by Gasteiger charge is 2.32. The van der Waals surface area contributed by atoms with Crippen LogP contribution in [0.15, 0.2) is 41.5 Å². The molecule has 0 radical (unpaired) electrons. The maximum absolute atomic E-state index is 14.4. The summed E-state index contributed by atoms with van der Waals surface area (Å²) in [4.78, 5) is 20.8. The number of nitrogens with two attached hydrogens (primary N) is 1. The predicted molar refractivity (Wildman–Crippen MR) is 99.4 cm³/mol. The summed E-state index contributed by atoms with van der Waals surface area (Å²) in [6, 6.07) is 7.95. The summed E-state index contributed by atoms with van der Waals surface area (Å²) in [5.41, 5.74) is 7.28. The molecule has 0 fully saturated rings. The third kappa shape index (κ3) is 3.82. The van der Waals surface area contributed by atoms with Crippen LogP contribution in [0.4, 0.5) is 10.1 Å². The Balaban J connectivity index is 1.88. The van der Waals surface area contributed by atoms with E-state index in [4.69, 9.17) is 5.73 Å². The van der Waals surface area contributed by atoms with E-state index in [0.717, 1.165) is 11.3 Å². The lowest BCUT2D eigenvalue weighted by atomic mass is 9.89. The van der Waals surface area contributed by atoms with Crippen molar-refractivity contribution in [2.24, 2.45) is 10.7 Å². The molecular formula is C18H19FN4OS. The molecule has 3 rings (SSSR count). The van der Waals surface area contributed by atoms with Crippen molar-refractivity contribution in [3.8, 4) is 0 Å². The van der Waals surface area contributed by atoms with Gasteiger partial charge in [0.1, 0.15) is 11.5 Å². The number of anilines is 1. The largest absolute Gasteiger partial charge is 0.379 e. The molecule has 0 saturated heterocycles. The van der Waals surface area contributed by atoms with E-state index in [0.29, 0.717) is 28.5 Å². The number of pyridine rings is 1. The lowest BCUT2D eigenvalue weighted by molar-refractivity contribution is 0.102. The number of rotatable bonds is 3. The number of hydrogen-bond donors (Lipinski definition) is 2. The van der Waals surface area contributed by atoms with Gasteiger partial charge in [0.25, 0.3) is 5.91 Å². The first kappa shape index (κ1) is 17.4. The molecule has 1 atom stereocenters. The third-order valence-corrected chi connectivity index (χ3v) is 4.94. The molecule has 130 valence electrons. The Morgan fingerprint density at radius 3 is 2.84 bits per heavy atom. The SMILES string of the molecule is Cc1ccc(C(=O)Nc2ccc(F)c(C3(C)CCSC(N)=N3)c2)nc1. The Morgan fingerprint density at radius 1 is 1.36 bits per heavy atom. The quantitative estimate of drug-likeness (QED) is 0.881. The van der Waals surface area contributed by atoms with Crippen molar-refractivity contribution < 1.29 is 9.18 Å². The van der Waals surface area contributed by atoms with Crippen molar-refractivity contribution >= 4 is 28.5 Å². The van der Waals surface area contributed by atoms with E-state index >= 15 is 0 Å². The summed E-state index contributed by atoms with van der Waals surface area (Å²) in [5, 5.41) is 3.21. The van der Waals surface area contributed by atoms with Crippen LogP contribution in [0, 0.1) is 12.7 Å².